The van der Waals surface area contributed by atoms with E-state index in [0.717, 1.165) is 19.3 Å². The number of aliphatic hydroxyl groups excluding tert-OH is 2. The average Bonchev–Trinajstić information content (AvgIpc) is 2.94. The summed E-state index contributed by atoms with van der Waals surface area (Å²) < 4.78 is 0. The maximum Gasteiger partial charge on any atom is 0.0929 e. The fourth-order valence-corrected chi connectivity index (χ4v) is 2.34. The van der Waals surface area contributed by atoms with Crippen LogP contribution in [0.3, 0.4) is 0 Å². The largest absolute Gasteiger partial charge is 0.390 e. The fraction of sp³-hybridized carbons (Fsp3) is 0.818. The third-order valence-electron chi connectivity index (χ3n) is 3.43. The molecule has 3 nitrogen and oxygen atoms in total. The Bertz CT molecular complexity index is 235. The second-order valence-corrected chi connectivity index (χ2v) is 4.46. The van der Waals surface area contributed by atoms with E-state index < -0.39 is 12.2 Å². The molecule has 0 aromatic heterocycles. The van der Waals surface area contributed by atoms with Gasteiger partial charge in [0.15, 0.2) is 0 Å². The van der Waals surface area contributed by atoms with Crippen molar-refractivity contribution in [3.63, 3.8) is 0 Å². The van der Waals surface area contributed by atoms with Gasteiger partial charge in [0.1, 0.15) is 0 Å². The number of hydrogen-bond donors (Lipinski definition) is 3. The molecule has 1 heterocycles. The van der Waals surface area contributed by atoms with Gasteiger partial charge in [-0.3, -0.25) is 0 Å². The zero-order valence-electron chi connectivity index (χ0n) is 8.61. The van der Waals surface area contributed by atoms with Crippen molar-refractivity contribution in [2.45, 2.75) is 43.9 Å². The van der Waals surface area contributed by atoms with E-state index in [9.17, 15) is 10.2 Å². The number of piperidine rings is 1. The van der Waals surface area contributed by atoms with Gasteiger partial charge in [-0.1, -0.05) is 19.1 Å². The van der Waals surface area contributed by atoms with Gasteiger partial charge in [0, 0.05) is 18.0 Å². The van der Waals surface area contributed by atoms with Crippen molar-refractivity contribution < 1.29 is 10.2 Å². The molecule has 3 N–H and O–H groups in total. The van der Waals surface area contributed by atoms with Crippen LogP contribution in [0, 0.1) is 5.92 Å². The molecule has 2 aliphatic rings. The maximum absolute atomic E-state index is 9.90. The van der Waals surface area contributed by atoms with Gasteiger partial charge >= 0.3 is 0 Å². The normalized spacial score (nSPS) is 40.6. The minimum Gasteiger partial charge on any atom is -0.390 e. The van der Waals surface area contributed by atoms with Crippen molar-refractivity contribution >= 4 is 0 Å². The van der Waals surface area contributed by atoms with E-state index in [-0.39, 0.29) is 11.5 Å². The molecule has 1 aliphatic carbocycles. The zero-order chi connectivity index (χ0) is 10.2. The summed E-state index contributed by atoms with van der Waals surface area (Å²) in [6, 6.07) is 0. The average molecular weight is 197 g/mol. The highest BCUT2D eigenvalue weighted by atomic mass is 16.3. The Morgan fingerprint density at radius 2 is 2.14 bits per heavy atom. The summed E-state index contributed by atoms with van der Waals surface area (Å²) in [6.07, 6.45) is 6.15. The van der Waals surface area contributed by atoms with Crippen molar-refractivity contribution in [1.82, 2.24) is 5.32 Å². The molecule has 2 fully saturated rings. The van der Waals surface area contributed by atoms with Crippen molar-refractivity contribution in [1.29, 1.82) is 0 Å². The van der Waals surface area contributed by atoms with Crippen LogP contribution in [0.25, 0.3) is 0 Å². The highest BCUT2D eigenvalue weighted by molar-refractivity contribution is 5.18. The molecule has 3 unspecified atom stereocenters. The molecule has 0 aromatic carbocycles. The first kappa shape index (κ1) is 10.1. The summed E-state index contributed by atoms with van der Waals surface area (Å²) in [7, 11) is 0. The number of aliphatic hydroxyl groups is 2. The summed E-state index contributed by atoms with van der Waals surface area (Å²) in [6.45, 7) is 2.60. The summed E-state index contributed by atoms with van der Waals surface area (Å²) in [4.78, 5) is 0. The van der Waals surface area contributed by atoms with Crippen LogP contribution < -0.4 is 5.32 Å². The molecule has 0 amide bonds. The lowest BCUT2D eigenvalue weighted by Gasteiger charge is -2.38. The highest BCUT2D eigenvalue weighted by Crippen LogP contribution is 2.47. The first-order valence-electron chi connectivity index (χ1n) is 5.47. The van der Waals surface area contributed by atoms with Gasteiger partial charge in [-0.2, -0.15) is 0 Å². The molecule has 1 spiro atoms. The lowest BCUT2D eigenvalue weighted by molar-refractivity contribution is -0.0422. The standard InChI is InChI=1S/C11H19NO2/c1-2-3-4-8-10(14)9(13)7-12-11(8)5-6-11/h3-4,8-10,12-14H,2,5-7H2,1H3. The van der Waals surface area contributed by atoms with Crippen LogP contribution in [0.2, 0.25) is 0 Å². The molecular formula is C11H19NO2. The van der Waals surface area contributed by atoms with Gasteiger partial charge in [0.05, 0.1) is 12.2 Å². The van der Waals surface area contributed by atoms with Crippen molar-refractivity contribution in [2.75, 3.05) is 6.54 Å². The lowest BCUT2D eigenvalue weighted by Crippen LogP contribution is -2.57. The molecular weight excluding hydrogens is 178 g/mol. The number of hydrogen-bond acceptors (Lipinski definition) is 3. The van der Waals surface area contributed by atoms with Gasteiger partial charge in [-0.15, -0.1) is 0 Å². The Kier molecular flexibility index (Phi) is 2.64. The van der Waals surface area contributed by atoms with E-state index >= 15 is 0 Å². The van der Waals surface area contributed by atoms with E-state index in [1.54, 1.807) is 0 Å². The van der Waals surface area contributed by atoms with E-state index in [2.05, 4.69) is 24.4 Å². The van der Waals surface area contributed by atoms with E-state index in [0.29, 0.717) is 6.54 Å². The first-order chi connectivity index (χ1) is 6.69. The number of rotatable bonds is 2. The minimum absolute atomic E-state index is 0.0891. The van der Waals surface area contributed by atoms with Crippen molar-refractivity contribution in [3.8, 4) is 0 Å². The Hall–Kier alpha value is -0.380. The molecule has 3 heteroatoms. The lowest BCUT2D eigenvalue weighted by atomic mass is 9.84. The number of allylic oxidation sites excluding steroid dienone is 1. The summed E-state index contributed by atoms with van der Waals surface area (Å²) >= 11 is 0. The molecule has 0 bridgehead atoms. The predicted molar refractivity (Wildman–Crippen MR) is 54.9 cm³/mol. The van der Waals surface area contributed by atoms with Crippen molar-refractivity contribution in [3.05, 3.63) is 12.2 Å². The molecule has 0 aromatic rings. The first-order valence-corrected chi connectivity index (χ1v) is 5.47. The van der Waals surface area contributed by atoms with E-state index in [4.69, 9.17) is 0 Å². The van der Waals surface area contributed by atoms with E-state index in [1.165, 1.54) is 0 Å². The third kappa shape index (κ3) is 1.60. The van der Waals surface area contributed by atoms with Gasteiger partial charge in [-0.05, 0) is 19.3 Å². The van der Waals surface area contributed by atoms with Gasteiger partial charge in [0.25, 0.3) is 0 Å². The summed E-state index contributed by atoms with van der Waals surface area (Å²) in [5.74, 6) is 0.0891. The summed E-state index contributed by atoms with van der Waals surface area (Å²) in [5, 5.41) is 22.8. The minimum atomic E-state index is -0.618. The van der Waals surface area contributed by atoms with Crippen LogP contribution in [-0.2, 0) is 0 Å². The van der Waals surface area contributed by atoms with Crippen LogP contribution in [-0.4, -0.2) is 34.5 Å². The molecule has 14 heavy (non-hydrogen) atoms. The topological polar surface area (TPSA) is 52.5 Å². The molecule has 1 saturated heterocycles. The Morgan fingerprint density at radius 1 is 1.43 bits per heavy atom. The van der Waals surface area contributed by atoms with Crippen LogP contribution in [0.4, 0.5) is 0 Å². The fourth-order valence-electron chi connectivity index (χ4n) is 2.34. The molecule has 1 aliphatic heterocycles. The summed E-state index contributed by atoms with van der Waals surface area (Å²) in [5.41, 5.74) is 0.102. The quantitative estimate of drug-likeness (QED) is 0.563. The van der Waals surface area contributed by atoms with Crippen LogP contribution in [0.15, 0.2) is 12.2 Å². The maximum atomic E-state index is 9.90. The molecule has 1 saturated carbocycles. The van der Waals surface area contributed by atoms with E-state index in [1.807, 2.05) is 0 Å². The molecule has 80 valence electrons. The number of β-amino-alcohol motifs (C(OH)–C–C–N with tert-alkyl or cyclic N) is 1. The monoisotopic (exact) mass is 197 g/mol. The van der Waals surface area contributed by atoms with Gasteiger partial charge < -0.3 is 15.5 Å². The van der Waals surface area contributed by atoms with Gasteiger partial charge in [0.2, 0.25) is 0 Å². The Balaban J connectivity index is 2.10. The molecule has 2 rings (SSSR count). The molecule has 3 atom stereocenters. The Labute approximate surface area is 84.8 Å². The molecule has 0 radical (unpaired) electrons. The highest BCUT2D eigenvalue weighted by Gasteiger charge is 2.54. The van der Waals surface area contributed by atoms with Crippen LogP contribution >= 0.6 is 0 Å². The SMILES string of the molecule is CCC=CC1C(O)C(O)CNC12CC2. The second kappa shape index (κ2) is 3.65. The smallest absolute Gasteiger partial charge is 0.0929 e. The third-order valence-corrected chi connectivity index (χ3v) is 3.43. The Morgan fingerprint density at radius 3 is 2.71 bits per heavy atom. The van der Waals surface area contributed by atoms with Crippen molar-refractivity contribution in [2.24, 2.45) is 5.92 Å². The zero-order valence-corrected chi connectivity index (χ0v) is 8.61. The number of nitrogens with one attached hydrogen (secondary N) is 1. The van der Waals surface area contributed by atoms with Gasteiger partial charge in [-0.25, -0.2) is 0 Å². The second-order valence-electron chi connectivity index (χ2n) is 4.46. The van der Waals surface area contributed by atoms with Crippen LogP contribution in [0.5, 0.6) is 0 Å². The predicted octanol–water partition coefficient (Wildman–Crippen LogP) is 0.426. The van der Waals surface area contributed by atoms with Crippen LogP contribution in [0.1, 0.15) is 26.2 Å².